The number of hydrogen-bond donors (Lipinski definition) is 0. The first-order chi connectivity index (χ1) is 15.3. The van der Waals surface area contributed by atoms with Crippen molar-refractivity contribution in [2.45, 2.75) is 31.7 Å². The van der Waals surface area contributed by atoms with Gasteiger partial charge in [0.15, 0.2) is 0 Å². The van der Waals surface area contributed by atoms with E-state index in [0.717, 1.165) is 59.7 Å². The van der Waals surface area contributed by atoms with Crippen molar-refractivity contribution < 1.29 is 9.53 Å². The van der Waals surface area contributed by atoms with Crippen molar-refractivity contribution in [1.82, 2.24) is 4.90 Å². The summed E-state index contributed by atoms with van der Waals surface area (Å²) >= 11 is 0. The van der Waals surface area contributed by atoms with Crippen molar-refractivity contribution in [2.24, 2.45) is 0 Å². The first kappa shape index (κ1) is 19.6. The lowest BCUT2D eigenvalue weighted by Crippen LogP contribution is -2.44. The van der Waals surface area contributed by atoms with Gasteiger partial charge < -0.3 is 9.64 Å². The highest BCUT2D eigenvalue weighted by atomic mass is 16.5. The zero-order chi connectivity index (χ0) is 21.0. The van der Waals surface area contributed by atoms with E-state index in [4.69, 9.17) is 4.74 Å². The monoisotopic (exact) mass is 409 g/mol. The third-order valence-electron chi connectivity index (χ3n) is 6.37. The minimum Gasteiger partial charge on any atom is -0.493 e. The number of carbonyl (C=O) groups excluding carboxylic acids is 1. The van der Waals surface area contributed by atoms with Gasteiger partial charge in [-0.25, -0.2) is 0 Å². The molecular formula is C28H27NO2. The maximum Gasteiger partial charge on any atom is 0.254 e. The molecule has 0 N–H and O–H groups in total. The summed E-state index contributed by atoms with van der Waals surface area (Å²) in [5.41, 5.74) is 0.806. The van der Waals surface area contributed by atoms with E-state index < -0.39 is 0 Å². The van der Waals surface area contributed by atoms with E-state index in [-0.39, 0.29) is 11.9 Å². The molecule has 3 heteroatoms. The third kappa shape index (κ3) is 4.00. The van der Waals surface area contributed by atoms with Crippen LogP contribution in [0.2, 0.25) is 0 Å². The van der Waals surface area contributed by atoms with Gasteiger partial charge >= 0.3 is 0 Å². The molecule has 1 amide bonds. The van der Waals surface area contributed by atoms with E-state index in [0.29, 0.717) is 6.61 Å². The first-order valence-electron chi connectivity index (χ1n) is 11.2. The van der Waals surface area contributed by atoms with Gasteiger partial charge in [-0.15, -0.1) is 0 Å². The van der Waals surface area contributed by atoms with Crippen LogP contribution in [0.5, 0.6) is 5.75 Å². The molecular weight excluding hydrogens is 382 g/mol. The number of fused-ring (bicyclic) bond motifs is 2. The van der Waals surface area contributed by atoms with Gasteiger partial charge in [0.05, 0.1) is 6.61 Å². The van der Waals surface area contributed by atoms with Crippen LogP contribution in [0.4, 0.5) is 0 Å². The Bertz CT molecular complexity index is 1210. The van der Waals surface area contributed by atoms with Crippen molar-refractivity contribution in [3.8, 4) is 5.75 Å². The summed E-state index contributed by atoms with van der Waals surface area (Å²) in [5, 5.41) is 4.47. The van der Waals surface area contributed by atoms with Gasteiger partial charge in [-0.1, -0.05) is 72.8 Å². The van der Waals surface area contributed by atoms with E-state index in [1.807, 2.05) is 54.6 Å². The Morgan fingerprint density at radius 3 is 2.32 bits per heavy atom. The third-order valence-corrected chi connectivity index (χ3v) is 6.37. The fourth-order valence-electron chi connectivity index (χ4n) is 4.76. The molecule has 1 unspecified atom stereocenters. The lowest BCUT2D eigenvalue weighted by molar-refractivity contribution is 0.0583. The van der Waals surface area contributed by atoms with Gasteiger partial charge in [0, 0.05) is 30.0 Å². The Kier molecular flexibility index (Phi) is 5.57. The molecule has 1 aliphatic heterocycles. The number of amides is 1. The minimum atomic E-state index is 0.145. The van der Waals surface area contributed by atoms with Crippen LogP contribution in [0.25, 0.3) is 21.5 Å². The van der Waals surface area contributed by atoms with Crippen LogP contribution < -0.4 is 4.74 Å². The summed E-state index contributed by atoms with van der Waals surface area (Å²) in [4.78, 5) is 15.6. The smallest absolute Gasteiger partial charge is 0.254 e. The minimum absolute atomic E-state index is 0.145. The van der Waals surface area contributed by atoms with Crippen LogP contribution >= 0.6 is 0 Å². The number of rotatable bonds is 5. The second-order valence-corrected chi connectivity index (χ2v) is 8.29. The molecule has 1 aliphatic rings. The molecule has 1 fully saturated rings. The van der Waals surface area contributed by atoms with Gasteiger partial charge in [0.25, 0.3) is 5.91 Å². The largest absolute Gasteiger partial charge is 0.493 e. The summed E-state index contributed by atoms with van der Waals surface area (Å²) in [6.45, 7) is 1.43. The fraction of sp³-hybridized carbons (Fsp3) is 0.250. The number of likely N-dealkylation sites (tertiary alicyclic amines) is 1. The van der Waals surface area contributed by atoms with Crippen molar-refractivity contribution in [2.75, 3.05) is 13.2 Å². The Labute approximate surface area is 183 Å². The van der Waals surface area contributed by atoms with Crippen LogP contribution in [0.1, 0.15) is 36.0 Å². The first-order valence-corrected chi connectivity index (χ1v) is 11.2. The highest BCUT2D eigenvalue weighted by Crippen LogP contribution is 2.28. The molecule has 1 atom stereocenters. The fourth-order valence-corrected chi connectivity index (χ4v) is 4.76. The zero-order valence-corrected chi connectivity index (χ0v) is 17.7. The summed E-state index contributed by atoms with van der Waals surface area (Å²) in [6.07, 6.45) is 4.12. The Morgan fingerprint density at radius 1 is 0.806 bits per heavy atom. The average molecular weight is 410 g/mol. The zero-order valence-electron chi connectivity index (χ0n) is 17.7. The van der Waals surface area contributed by atoms with Gasteiger partial charge in [0.1, 0.15) is 5.75 Å². The molecule has 0 spiro atoms. The van der Waals surface area contributed by atoms with Crippen LogP contribution in [-0.4, -0.2) is 30.0 Å². The number of carbonyl (C=O) groups is 1. The molecule has 3 nitrogen and oxygen atoms in total. The molecule has 5 rings (SSSR count). The summed E-state index contributed by atoms with van der Waals surface area (Å²) in [5.74, 6) is 1.06. The number of hydrogen-bond acceptors (Lipinski definition) is 2. The second kappa shape index (κ2) is 8.81. The quantitative estimate of drug-likeness (QED) is 0.379. The van der Waals surface area contributed by atoms with Crippen molar-refractivity contribution in [3.05, 3.63) is 90.5 Å². The standard InChI is InChI=1S/C28H27NO2/c30-28(26-16-7-11-21-9-1-3-14-24(21)26)29-19-6-5-13-23(29)18-20-31-27-17-8-12-22-10-2-4-15-25(22)27/h1-4,7-12,14-17,23H,5-6,13,18-20H2. The Balaban J connectivity index is 1.32. The van der Waals surface area contributed by atoms with Crippen LogP contribution in [0.3, 0.4) is 0 Å². The molecule has 0 aliphatic carbocycles. The lowest BCUT2D eigenvalue weighted by atomic mass is 9.97. The molecule has 0 radical (unpaired) electrons. The molecule has 0 saturated carbocycles. The highest BCUT2D eigenvalue weighted by molar-refractivity contribution is 6.07. The second-order valence-electron chi connectivity index (χ2n) is 8.29. The Hall–Kier alpha value is -3.33. The predicted molar refractivity (Wildman–Crippen MR) is 127 cm³/mol. The molecule has 31 heavy (non-hydrogen) atoms. The molecule has 1 saturated heterocycles. The maximum atomic E-state index is 13.5. The summed E-state index contributed by atoms with van der Waals surface area (Å²) in [7, 11) is 0. The van der Waals surface area contributed by atoms with E-state index in [9.17, 15) is 4.79 Å². The molecule has 4 aromatic rings. The normalized spacial score (nSPS) is 16.5. The Morgan fingerprint density at radius 2 is 1.48 bits per heavy atom. The van der Waals surface area contributed by atoms with E-state index >= 15 is 0 Å². The molecule has 0 bridgehead atoms. The number of piperidine rings is 1. The van der Waals surface area contributed by atoms with Crippen LogP contribution in [0.15, 0.2) is 84.9 Å². The van der Waals surface area contributed by atoms with Crippen molar-refractivity contribution in [1.29, 1.82) is 0 Å². The maximum absolute atomic E-state index is 13.5. The van der Waals surface area contributed by atoms with E-state index in [1.165, 1.54) is 5.39 Å². The lowest BCUT2D eigenvalue weighted by Gasteiger charge is -2.36. The number of benzene rings is 4. The van der Waals surface area contributed by atoms with E-state index in [2.05, 4.69) is 35.2 Å². The highest BCUT2D eigenvalue weighted by Gasteiger charge is 2.28. The SMILES string of the molecule is O=C(c1cccc2ccccc12)N1CCCCC1CCOc1cccc2ccccc12. The number of ether oxygens (including phenoxy) is 1. The van der Waals surface area contributed by atoms with Gasteiger partial charge in [-0.05, 0) is 47.6 Å². The van der Waals surface area contributed by atoms with Crippen LogP contribution in [-0.2, 0) is 0 Å². The summed E-state index contributed by atoms with van der Waals surface area (Å²) in [6, 6.07) is 28.8. The summed E-state index contributed by atoms with van der Waals surface area (Å²) < 4.78 is 6.19. The molecule has 156 valence electrons. The predicted octanol–water partition coefficient (Wildman–Crippen LogP) is 6.46. The molecule has 1 heterocycles. The molecule has 4 aromatic carbocycles. The van der Waals surface area contributed by atoms with E-state index in [1.54, 1.807) is 0 Å². The average Bonchev–Trinajstić information content (AvgIpc) is 2.84. The van der Waals surface area contributed by atoms with Crippen LogP contribution in [0, 0.1) is 0 Å². The van der Waals surface area contributed by atoms with Gasteiger partial charge in [-0.3, -0.25) is 4.79 Å². The van der Waals surface area contributed by atoms with Gasteiger partial charge in [-0.2, -0.15) is 0 Å². The van der Waals surface area contributed by atoms with Crippen molar-refractivity contribution in [3.63, 3.8) is 0 Å². The van der Waals surface area contributed by atoms with Gasteiger partial charge in [0.2, 0.25) is 0 Å². The number of nitrogens with zero attached hydrogens (tertiary/aromatic N) is 1. The van der Waals surface area contributed by atoms with Crippen molar-refractivity contribution >= 4 is 27.5 Å². The topological polar surface area (TPSA) is 29.5 Å². The molecule has 0 aromatic heterocycles.